The van der Waals surface area contributed by atoms with Crippen molar-refractivity contribution in [3.8, 4) is 22.8 Å². The quantitative estimate of drug-likeness (QED) is 0.800. The van der Waals surface area contributed by atoms with Crippen molar-refractivity contribution < 1.29 is 14.3 Å². The molecule has 0 aliphatic heterocycles. The third-order valence-corrected chi connectivity index (χ3v) is 5.36. The maximum absolute atomic E-state index is 12.5. The first kappa shape index (κ1) is 20.5. The summed E-state index contributed by atoms with van der Waals surface area (Å²) in [5.74, 6) is 1.17. The van der Waals surface area contributed by atoms with Crippen LogP contribution in [0.15, 0.2) is 23.6 Å². The number of hydrogen-bond donors (Lipinski definition) is 2. The number of amides is 1. The van der Waals surface area contributed by atoms with Crippen LogP contribution in [-0.2, 0) is 4.79 Å². The summed E-state index contributed by atoms with van der Waals surface area (Å²) in [6.07, 6.45) is 4.60. The van der Waals surface area contributed by atoms with Gasteiger partial charge in [-0.3, -0.25) is 4.79 Å². The van der Waals surface area contributed by atoms with E-state index >= 15 is 0 Å². The molecule has 0 unspecified atom stereocenters. The Morgan fingerprint density at radius 2 is 1.88 bits per heavy atom. The van der Waals surface area contributed by atoms with Gasteiger partial charge in [-0.2, -0.15) is 0 Å². The van der Waals surface area contributed by atoms with Gasteiger partial charge in [-0.25, -0.2) is 4.98 Å². The maximum atomic E-state index is 12.5. The number of nitrogens with one attached hydrogen (secondary N) is 1. The number of halogens is 1. The van der Waals surface area contributed by atoms with Gasteiger partial charge in [0.25, 0.3) is 0 Å². The van der Waals surface area contributed by atoms with Crippen LogP contribution in [0.4, 0.5) is 5.13 Å². The lowest BCUT2D eigenvalue weighted by molar-refractivity contribution is -0.122. The fraction of sp³-hybridized carbons (Fsp3) is 0.444. The second-order valence-electron chi connectivity index (χ2n) is 6.28. The summed E-state index contributed by atoms with van der Waals surface area (Å²) >= 11 is 1.39. The highest BCUT2D eigenvalue weighted by molar-refractivity contribution is 7.14. The van der Waals surface area contributed by atoms with E-state index < -0.39 is 5.54 Å². The predicted octanol–water partition coefficient (Wildman–Crippen LogP) is 3.85. The van der Waals surface area contributed by atoms with Gasteiger partial charge in [-0.15, -0.1) is 23.7 Å². The molecule has 6 nitrogen and oxygen atoms in total. The highest BCUT2D eigenvalue weighted by Gasteiger charge is 2.35. The van der Waals surface area contributed by atoms with Crippen LogP contribution in [0.5, 0.6) is 11.5 Å². The van der Waals surface area contributed by atoms with Gasteiger partial charge in [-0.1, -0.05) is 19.3 Å². The number of anilines is 1. The Bertz CT molecular complexity index is 760. The van der Waals surface area contributed by atoms with E-state index in [9.17, 15) is 4.79 Å². The Labute approximate surface area is 163 Å². The molecule has 0 atom stereocenters. The van der Waals surface area contributed by atoms with Crippen LogP contribution >= 0.6 is 23.7 Å². The molecule has 0 bridgehead atoms. The average Bonchev–Trinajstić information content (AvgIpc) is 3.10. The van der Waals surface area contributed by atoms with Crippen molar-refractivity contribution in [1.82, 2.24) is 4.98 Å². The normalized spacial score (nSPS) is 15.7. The van der Waals surface area contributed by atoms with Gasteiger partial charge in [0, 0.05) is 10.9 Å². The van der Waals surface area contributed by atoms with Crippen LogP contribution in [0.2, 0.25) is 0 Å². The van der Waals surface area contributed by atoms with Crippen LogP contribution in [0.25, 0.3) is 11.3 Å². The van der Waals surface area contributed by atoms with Crippen molar-refractivity contribution in [1.29, 1.82) is 0 Å². The van der Waals surface area contributed by atoms with Gasteiger partial charge in [0.1, 0.15) is 0 Å². The summed E-state index contributed by atoms with van der Waals surface area (Å²) < 4.78 is 10.6. The lowest BCUT2D eigenvalue weighted by atomic mass is 9.82. The maximum Gasteiger partial charge on any atom is 0.246 e. The van der Waals surface area contributed by atoms with Gasteiger partial charge in [0.2, 0.25) is 5.91 Å². The summed E-state index contributed by atoms with van der Waals surface area (Å²) in [5, 5.41) is 5.35. The number of methoxy groups -OCH3 is 2. The number of benzene rings is 1. The monoisotopic (exact) mass is 397 g/mol. The highest BCUT2D eigenvalue weighted by atomic mass is 35.5. The smallest absolute Gasteiger partial charge is 0.246 e. The summed E-state index contributed by atoms with van der Waals surface area (Å²) in [6, 6.07) is 5.61. The van der Waals surface area contributed by atoms with E-state index in [4.69, 9.17) is 15.2 Å². The van der Waals surface area contributed by atoms with Crippen LogP contribution in [0, 0.1) is 0 Å². The molecule has 142 valence electrons. The van der Waals surface area contributed by atoms with E-state index in [2.05, 4.69) is 10.3 Å². The molecule has 3 rings (SSSR count). The van der Waals surface area contributed by atoms with E-state index in [-0.39, 0.29) is 18.3 Å². The first-order valence-electron chi connectivity index (χ1n) is 8.34. The molecule has 0 spiro atoms. The van der Waals surface area contributed by atoms with E-state index in [1.807, 2.05) is 23.6 Å². The third-order valence-electron chi connectivity index (χ3n) is 4.60. The van der Waals surface area contributed by atoms with Crippen molar-refractivity contribution in [2.45, 2.75) is 37.6 Å². The minimum absolute atomic E-state index is 0. The second-order valence-corrected chi connectivity index (χ2v) is 7.14. The molecule has 3 N–H and O–H groups in total. The number of thiazole rings is 1. The van der Waals surface area contributed by atoms with Crippen LogP contribution in [0.3, 0.4) is 0 Å². The number of aromatic nitrogens is 1. The Balaban J connectivity index is 0.00000243. The topological polar surface area (TPSA) is 86.5 Å². The summed E-state index contributed by atoms with van der Waals surface area (Å²) in [4.78, 5) is 17.0. The SMILES string of the molecule is COc1ccc(-c2csc(NC(=O)C3(N)CCCCC3)n2)cc1OC.Cl. The van der Waals surface area contributed by atoms with Crippen LogP contribution in [-0.4, -0.2) is 30.6 Å². The summed E-state index contributed by atoms with van der Waals surface area (Å²) in [5.41, 5.74) is 7.17. The van der Waals surface area contributed by atoms with Crippen molar-refractivity contribution in [2.24, 2.45) is 5.73 Å². The fourth-order valence-electron chi connectivity index (χ4n) is 3.09. The molecule has 1 aliphatic rings. The number of rotatable bonds is 5. The third kappa shape index (κ3) is 4.28. The van der Waals surface area contributed by atoms with Gasteiger partial charge in [0.15, 0.2) is 16.6 Å². The van der Waals surface area contributed by atoms with Crippen molar-refractivity contribution in [3.05, 3.63) is 23.6 Å². The Hall–Kier alpha value is -1.83. The molecule has 1 aromatic heterocycles. The summed E-state index contributed by atoms with van der Waals surface area (Å²) in [6.45, 7) is 0. The zero-order valence-electron chi connectivity index (χ0n) is 14.9. The number of nitrogens with zero attached hydrogens (tertiary/aromatic N) is 1. The first-order valence-corrected chi connectivity index (χ1v) is 9.22. The molecule has 1 amide bonds. The Morgan fingerprint density at radius 3 is 2.54 bits per heavy atom. The zero-order valence-corrected chi connectivity index (χ0v) is 16.5. The fourth-order valence-corrected chi connectivity index (χ4v) is 3.81. The van der Waals surface area contributed by atoms with Gasteiger partial charge in [-0.05, 0) is 31.0 Å². The molecule has 0 radical (unpaired) electrons. The number of hydrogen-bond acceptors (Lipinski definition) is 6. The van der Waals surface area contributed by atoms with E-state index in [1.54, 1.807) is 14.2 Å². The van der Waals surface area contributed by atoms with E-state index in [0.29, 0.717) is 16.6 Å². The zero-order chi connectivity index (χ0) is 17.9. The highest BCUT2D eigenvalue weighted by Crippen LogP contribution is 2.34. The summed E-state index contributed by atoms with van der Waals surface area (Å²) in [7, 11) is 3.20. The largest absolute Gasteiger partial charge is 0.493 e. The van der Waals surface area contributed by atoms with Gasteiger partial charge >= 0.3 is 0 Å². The molecule has 2 aromatic rings. The molecular weight excluding hydrogens is 374 g/mol. The van der Waals surface area contributed by atoms with Crippen molar-refractivity contribution in [3.63, 3.8) is 0 Å². The molecule has 0 saturated heterocycles. The molecule has 1 aliphatic carbocycles. The molecule has 1 aromatic carbocycles. The van der Waals surface area contributed by atoms with Crippen molar-refractivity contribution >= 4 is 34.8 Å². The number of ether oxygens (including phenoxy) is 2. The average molecular weight is 398 g/mol. The predicted molar refractivity (Wildman–Crippen MR) is 107 cm³/mol. The molecule has 1 heterocycles. The Morgan fingerprint density at radius 1 is 1.19 bits per heavy atom. The second kappa shape index (κ2) is 8.70. The number of nitrogens with two attached hydrogens (primary N) is 1. The lowest BCUT2D eigenvalue weighted by Gasteiger charge is -2.31. The number of carbonyl (C=O) groups is 1. The van der Waals surface area contributed by atoms with E-state index in [1.165, 1.54) is 11.3 Å². The Kier molecular flexibility index (Phi) is 6.86. The lowest BCUT2D eigenvalue weighted by Crippen LogP contribution is -2.52. The van der Waals surface area contributed by atoms with Crippen molar-refractivity contribution in [2.75, 3.05) is 19.5 Å². The van der Waals surface area contributed by atoms with Crippen LogP contribution in [0.1, 0.15) is 32.1 Å². The molecule has 8 heteroatoms. The van der Waals surface area contributed by atoms with Gasteiger partial charge in [0.05, 0.1) is 25.5 Å². The van der Waals surface area contributed by atoms with Gasteiger partial charge < -0.3 is 20.5 Å². The molecular formula is C18H24ClN3O3S. The minimum atomic E-state index is -0.770. The number of carbonyl (C=O) groups excluding carboxylic acids is 1. The van der Waals surface area contributed by atoms with Crippen LogP contribution < -0.4 is 20.5 Å². The molecule has 1 saturated carbocycles. The first-order chi connectivity index (χ1) is 12.1. The standard InChI is InChI=1S/C18H23N3O3S.ClH/c1-23-14-7-6-12(10-15(14)24-2)13-11-25-17(20-13)21-16(22)18(19)8-4-3-5-9-18;/h6-7,10-11H,3-5,8-9,19H2,1-2H3,(H,20,21,22);1H. The molecule has 26 heavy (non-hydrogen) atoms. The minimum Gasteiger partial charge on any atom is -0.493 e. The molecule has 1 fully saturated rings. The van der Waals surface area contributed by atoms with E-state index in [0.717, 1.165) is 43.4 Å².